The summed E-state index contributed by atoms with van der Waals surface area (Å²) in [4.78, 5) is 5.39. The van der Waals surface area contributed by atoms with Crippen molar-refractivity contribution in [3.05, 3.63) is 300 Å². The first-order valence-corrected chi connectivity index (χ1v) is 25.6. The number of aryl methyl sites for hydroxylation is 1. The molecule has 0 spiro atoms. The van der Waals surface area contributed by atoms with Crippen molar-refractivity contribution in [3.63, 3.8) is 0 Å². The number of allylic oxidation sites excluding steroid dienone is 2. The van der Waals surface area contributed by atoms with E-state index < -0.39 is 0 Å². The Hall–Kier alpha value is -9.37. The van der Waals surface area contributed by atoms with Crippen molar-refractivity contribution in [3.8, 4) is 50.2 Å². The first-order valence-electron chi connectivity index (χ1n) is 25.6. The van der Waals surface area contributed by atoms with Crippen LogP contribution in [0, 0.1) is 6.92 Å². The molecular formula is C72H52N2. The lowest BCUT2D eigenvalue weighted by Gasteiger charge is -2.17. The fraction of sp³-hybridized carbons (Fsp3) is 0.0417. The summed E-state index contributed by atoms with van der Waals surface area (Å²) in [5.41, 5.74) is 25.6. The quantitative estimate of drug-likeness (QED) is 0.115. The van der Waals surface area contributed by atoms with Gasteiger partial charge in [0, 0.05) is 27.6 Å². The monoisotopic (exact) mass is 944 g/mol. The summed E-state index contributed by atoms with van der Waals surface area (Å²) in [6, 6.07) is 92.7. The van der Waals surface area contributed by atoms with Gasteiger partial charge < -0.3 is 4.57 Å². The Bertz CT molecular complexity index is 4190. The van der Waals surface area contributed by atoms with Crippen molar-refractivity contribution in [1.29, 1.82) is 0 Å². The van der Waals surface area contributed by atoms with Crippen LogP contribution in [-0.4, -0.2) is 10.3 Å². The Morgan fingerprint density at radius 2 is 0.946 bits per heavy atom. The van der Waals surface area contributed by atoms with E-state index >= 15 is 0 Å². The van der Waals surface area contributed by atoms with Gasteiger partial charge in [0.05, 0.1) is 22.4 Å². The number of benzene rings is 11. The molecule has 0 fully saturated rings. The second kappa shape index (κ2) is 18.7. The molecule has 0 atom stereocenters. The van der Waals surface area contributed by atoms with Crippen LogP contribution < -0.4 is 0 Å². The number of fused-ring (bicyclic) bond motifs is 3. The summed E-state index contributed by atoms with van der Waals surface area (Å²) >= 11 is 0. The minimum atomic E-state index is 0.741. The molecule has 2 nitrogen and oxygen atoms in total. The molecular weight excluding hydrogens is 893 g/mol. The maximum atomic E-state index is 5.39. The molecule has 0 aliphatic heterocycles. The highest BCUT2D eigenvalue weighted by molar-refractivity contribution is 6.42. The molecule has 1 aliphatic carbocycles. The average Bonchev–Trinajstić information content (AvgIpc) is 3.98. The molecule has 13 rings (SSSR count). The highest BCUT2D eigenvalue weighted by atomic mass is 15.0. The fourth-order valence-corrected chi connectivity index (χ4v) is 11.4. The minimum absolute atomic E-state index is 0.741. The molecule has 350 valence electrons. The number of hydrogen-bond acceptors (Lipinski definition) is 1. The first kappa shape index (κ1) is 44.6. The Morgan fingerprint density at radius 1 is 0.419 bits per heavy atom. The summed E-state index contributed by atoms with van der Waals surface area (Å²) in [6.45, 7) is 8.98. The Labute approximate surface area is 433 Å². The Kier molecular flexibility index (Phi) is 11.2. The van der Waals surface area contributed by atoms with Crippen LogP contribution in [0.25, 0.3) is 99.6 Å². The fourth-order valence-electron chi connectivity index (χ4n) is 11.4. The topological polar surface area (TPSA) is 17.3 Å². The number of aliphatic imine (C=N–C) groups is 1. The average molecular weight is 945 g/mol. The zero-order valence-corrected chi connectivity index (χ0v) is 41.6. The van der Waals surface area contributed by atoms with Gasteiger partial charge in [0.1, 0.15) is 0 Å². The van der Waals surface area contributed by atoms with Crippen LogP contribution in [0.1, 0.15) is 45.9 Å². The normalized spacial score (nSPS) is 12.3. The maximum Gasteiger partial charge on any atom is 0.0790 e. The third-order valence-electron chi connectivity index (χ3n) is 15.1. The van der Waals surface area contributed by atoms with Gasteiger partial charge in [0.2, 0.25) is 0 Å². The van der Waals surface area contributed by atoms with Crippen molar-refractivity contribution >= 4 is 55.1 Å². The van der Waals surface area contributed by atoms with Gasteiger partial charge >= 0.3 is 0 Å². The van der Waals surface area contributed by atoms with E-state index in [-0.39, 0.29) is 0 Å². The molecule has 0 bridgehead atoms. The van der Waals surface area contributed by atoms with Crippen molar-refractivity contribution in [2.45, 2.75) is 20.3 Å². The lowest BCUT2D eigenvalue weighted by atomic mass is 9.87. The second-order valence-corrected chi connectivity index (χ2v) is 19.6. The number of rotatable bonds is 11. The van der Waals surface area contributed by atoms with Crippen molar-refractivity contribution in [2.75, 3.05) is 0 Å². The van der Waals surface area contributed by atoms with E-state index in [4.69, 9.17) is 4.99 Å². The predicted molar refractivity (Wildman–Crippen MR) is 315 cm³/mol. The zero-order chi connectivity index (χ0) is 49.7. The van der Waals surface area contributed by atoms with Crippen LogP contribution in [0.3, 0.4) is 0 Å². The molecule has 2 heteroatoms. The van der Waals surface area contributed by atoms with Gasteiger partial charge in [-0.15, -0.1) is 0 Å². The van der Waals surface area contributed by atoms with E-state index in [1.54, 1.807) is 0 Å². The van der Waals surface area contributed by atoms with E-state index in [0.717, 1.165) is 40.2 Å². The molecule has 0 saturated carbocycles. The largest absolute Gasteiger partial charge is 0.309 e. The molecule has 12 aromatic rings. The molecule has 0 saturated heterocycles. The Balaban J connectivity index is 0.903. The summed E-state index contributed by atoms with van der Waals surface area (Å²) in [6.07, 6.45) is 0.763. The maximum absolute atomic E-state index is 5.39. The van der Waals surface area contributed by atoms with Crippen molar-refractivity contribution < 1.29 is 0 Å². The standard InChI is InChI=1S/C72H52N2/c1-47-30-33-58(59-39-41-69-67(46-59)66-45-57(53-22-12-6-13-23-53)38-40-68(66)74(69)61-26-14-7-15-27-61)43-64(47)65-44-56(52-20-10-5-11-21-52)36-37-60(65)42-50-31-34-55(35-32-50)72(73-49(3)51-18-8-4-9-19-51)70-48(2)62-28-16-24-54-25-17-29-63(70)71(54)62/h4-41,43-46H,3,42H2,1-2H3. The molecule has 0 N–H and O–H groups in total. The van der Waals surface area contributed by atoms with Gasteiger partial charge in [0.25, 0.3) is 0 Å². The zero-order valence-electron chi connectivity index (χ0n) is 41.6. The number of nitrogens with zero attached hydrogens (tertiary/aromatic N) is 2. The molecule has 1 aliphatic rings. The van der Waals surface area contributed by atoms with Gasteiger partial charge in [-0.3, -0.25) is 0 Å². The third kappa shape index (κ3) is 7.98. The van der Waals surface area contributed by atoms with Crippen LogP contribution in [0.5, 0.6) is 0 Å². The van der Waals surface area contributed by atoms with Gasteiger partial charge in [-0.25, -0.2) is 4.99 Å². The summed E-state index contributed by atoms with van der Waals surface area (Å²) in [7, 11) is 0. The lowest BCUT2D eigenvalue weighted by Crippen LogP contribution is -2.06. The molecule has 1 heterocycles. The minimum Gasteiger partial charge on any atom is -0.309 e. The van der Waals surface area contributed by atoms with Crippen LogP contribution in [0.15, 0.2) is 266 Å². The second-order valence-electron chi connectivity index (χ2n) is 19.6. The molecule has 0 unspecified atom stereocenters. The van der Waals surface area contributed by atoms with E-state index in [1.165, 1.54) is 110 Å². The highest BCUT2D eigenvalue weighted by Crippen LogP contribution is 2.45. The molecule has 0 radical (unpaired) electrons. The molecule has 11 aromatic carbocycles. The van der Waals surface area contributed by atoms with Crippen LogP contribution >= 0.6 is 0 Å². The van der Waals surface area contributed by atoms with Crippen molar-refractivity contribution in [1.82, 2.24) is 4.57 Å². The molecule has 1 aromatic heterocycles. The third-order valence-corrected chi connectivity index (χ3v) is 15.1. The molecule has 0 amide bonds. The predicted octanol–water partition coefficient (Wildman–Crippen LogP) is 18.9. The number of aromatic nitrogens is 1. The van der Waals surface area contributed by atoms with Gasteiger partial charge in [-0.2, -0.15) is 0 Å². The SMILES string of the molecule is C=C(N=C(C1=C(C)c2cccc3cccc1c23)c1ccc(Cc2ccc(-c3ccccc3)cc2-c2cc(-c3ccc4c(c3)c3cc(-c5ccccc5)ccc3n4-c3ccccc3)ccc2C)cc1)c1ccccc1. The van der Waals surface area contributed by atoms with E-state index in [0.29, 0.717) is 0 Å². The summed E-state index contributed by atoms with van der Waals surface area (Å²) in [5, 5.41) is 5.00. The van der Waals surface area contributed by atoms with Crippen molar-refractivity contribution in [2.24, 2.45) is 4.99 Å². The van der Waals surface area contributed by atoms with E-state index in [1.807, 2.05) is 18.2 Å². The number of para-hydroxylation sites is 1. The first-order chi connectivity index (χ1) is 36.4. The number of hydrogen-bond donors (Lipinski definition) is 0. The highest BCUT2D eigenvalue weighted by Gasteiger charge is 2.26. The van der Waals surface area contributed by atoms with Crippen LogP contribution in [0.4, 0.5) is 0 Å². The van der Waals surface area contributed by atoms with Gasteiger partial charge in [0.15, 0.2) is 0 Å². The smallest absolute Gasteiger partial charge is 0.0790 e. The molecule has 74 heavy (non-hydrogen) atoms. The summed E-state index contributed by atoms with van der Waals surface area (Å²) in [5.74, 6) is 0. The lowest BCUT2D eigenvalue weighted by molar-refractivity contribution is 1.18. The van der Waals surface area contributed by atoms with Gasteiger partial charge in [-0.1, -0.05) is 213 Å². The van der Waals surface area contributed by atoms with Gasteiger partial charge in [-0.05, 0) is 163 Å². The van der Waals surface area contributed by atoms with E-state index in [9.17, 15) is 0 Å². The summed E-state index contributed by atoms with van der Waals surface area (Å²) < 4.78 is 2.40. The van der Waals surface area contributed by atoms with Crippen LogP contribution in [0.2, 0.25) is 0 Å². The Morgan fingerprint density at radius 3 is 1.59 bits per heavy atom. The van der Waals surface area contributed by atoms with E-state index in [2.05, 4.69) is 262 Å². The van der Waals surface area contributed by atoms with Crippen LogP contribution in [-0.2, 0) is 6.42 Å².